The molecular weight excluding hydrogens is 244 g/mol. The summed E-state index contributed by atoms with van der Waals surface area (Å²) in [5, 5.41) is 3.10. The van der Waals surface area contributed by atoms with Crippen LogP contribution in [-0.2, 0) is 6.54 Å². The van der Waals surface area contributed by atoms with E-state index in [1.54, 1.807) is 6.07 Å². The van der Waals surface area contributed by atoms with Crippen molar-refractivity contribution in [2.75, 3.05) is 12.4 Å². The average molecular weight is 262 g/mol. The standard InChI is InChI=1S/C13H18ClF2N/c1-10(8-14)4-3-7-17-9-11-5-2-6-12(15)13(11)16/h2,5-6,10,17H,3-4,7-9H2,1H3. The lowest BCUT2D eigenvalue weighted by atomic mass is 10.1. The highest BCUT2D eigenvalue weighted by atomic mass is 35.5. The minimum absolute atomic E-state index is 0.360. The average Bonchev–Trinajstić information content (AvgIpc) is 2.33. The number of nitrogens with one attached hydrogen (secondary N) is 1. The molecule has 1 rings (SSSR count). The Balaban J connectivity index is 2.25. The molecule has 1 nitrogen and oxygen atoms in total. The second-order valence-electron chi connectivity index (χ2n) is 4.29. The summed E-state index contributed by atoms with van der Waals surface area (Å²) < 4.78 is 26.1. The number of halogens is 3. The minimum atomic E-state index is -0.792. The Morgan fingerprint density at radius 1 is 1.35 bits per heavy atom. The molecule has 4 heteroatoms. The summed E-state index contributed by atoms with van der Waals surface area (Å²) in [5.41, 5.74) is 0.371. The Labute approximate surface area is 106 Å². The molecule has 1 unspecified atom stereocenters. The van der Waals surface area contributed by atoms with E-state index in [0.717, 1.165) is 25.5 Å². The Bertz CT molecular complexity index is 344. The van der Waals surface area contributed by atoms with Gasteiger partial charge in [0.1, 0.15) is 0 Å². The Morgan fingerprint density at radius 3 is 2.82 bits per heavy atom. The van der Waals surface area contributed by atoms with Crippen molar-refractivity contribution in [1.29, 1.82) is 0 Å². The molecular formula is C13H18ClF2N. The second-order valence-corrected chi connectivity index (χ2v) is 4.60. The summed E-state index contributed by atoms with van der Waals surface area (Å²) in [4.78, 5) is 0. The van der Waals surface area contributed by atoms with E-state index in [1.165, 1.54) is 6.07 Å². The van der Waals surface area contributed by atoms with Crippen molar-refractivity contribution in [2.45, 2.75) is 26.3 Å². The monoisotopic (exact) mass is 261 g/mol. The molecule has 0 aliphatic heterocycles. The fraction of sp³-hybridized carbons (Fsp3) is 0.538. The van der Waals surface area contributed by atoms with E-state index < -0.39 is 11.6 Å². The van der Waals surface area contributed by atoms with E-state index in [4.69, 9.17) is 11.6 Å². The fourth-order valence-corrected chi connectivity index (χ4v) is 1.72. The van der Waals surface area contributed by atoms with E-state index >= 15 is 0 Å². The van der Waals surface area contributed by atoms with Gasteiger partial charge in [0, 0.05) is 18.0 Å². The van der Waals surface area contributed by atoms with Gasteiger partial charge in [-0.1, -0.05) is 19.1 Å². The quantitative estimate of drug-likeness (QED) is 0.583. The second kappa shape index (κ2) is 7.62. The molecule has 1 N–H and O–H groups in total. The number of hydrogen-bond acceptors (Lipinski definition) is 1. The predicted octanol–water partition coefficient (Wildman–Crippen LogP) is 3.71. The van der Waals surface area contributed by atoms with Crippen LogP contribution in [0.5, 0.6) is 0 Å². The van der Waals surface area contributed by atoms with E-state index in [1.807, 2.05) is 0 Å². The van der Waals surface area contributed by atoms with Crippen LogP contribution in [0.4, 0.5) is 8.78 Å². The zero-order valence-electron chi connectivity index (χ0n) is 9.98. The largest absolute Gasteiger partial charge is 0.313 e. The van der Waals surface area contributed by atoms with Crippen LogP contribution in [0.1, 0.15) is 25.3 Å². The van der Waals surface area contributed by atoms with Gasteiger partial charge < -0.3 is 5.32 Å². The van der Waals surface area contributed by atoms with E-state index in [9.17, 15) is 8.78 Å². The molecule has 0 radical (unpaired) electrons. The molecule has 0 bridgehead atoms. The first kappa shape index (κ1) is 14.4. The Hall–Kier alpha value is -0.670. The first-order valence-electron chi connectivity index (χ1n) is 5.84. The Kier molecular flexibility index (Phi) is 6.45. The molecule has 1 aromatic carbocycles. The van der Waals surface area contributed by atoms with E-state index in [0.29, 0.717) is 23.9 Å². The molecule has 17 heavy (non-hydrogen) atoms. The van der Waals surface area contributed by atoms with Gasteiger partial charge in [0.2, 0.25) is 0 Å². The van der Waals surface area contributed by atoms with Crippen molar-refractivity contribution in [3.8, 4) is 0 Å². The van der Waals surface area contributed by atoms with Gasteiger partial charge in [-0.2, -0.15) is 0 Å². The minimum Gasteiger partial charge on any atom is -0.313 e. The molecule has 0 saturated heterocycles. The van der Waals surface area contributed by atoms with Crippen LogP contribution in [0.3, 0.4) is 0 Å². The van der Waals surface area contributed by atoms with Crippen LogP contribution < -0.4 is 5.32 Å². The highest BCUT2D eigenvalue weighted by Crippen LogP contribution is 2.11. The topological polar surface area (TPSA) is 12.0 Å². The fourth-order valence-electron chi connectivity index (χ4n) is 1.56. The van der Waals surface area contributed by atoms with Crippen LogP contribution in [0.15, 0.2) is 18.2 Å². The number of benzene rings is 1. The van der Waals surface area contributed by atoms with Gasteiger partial charge in [-0.25, -0.2) is 8.78 Å². The summed E-state index contributed by atoms with van der Waals surface area (Å²) in [5.74, 6) is -0.378. The van der Waals surface area contributed by atoms with Crippen molar-refractivity contribution >= 4 is 11.6 Å². The van der Waals surface area contributed by atoms with Crippen LogP contribution >= 0.6 is 11.6 Å². The first-order chi connectivity index (χ1) is 8.15. The maximum absolute atomic E-state index is 13.3. The van der Waals surface area contributed by atoms with Gasteiger partial charge in [-0.15, -0.1) is 11.6 Å². The zero-order valence-corrected chi connectivity index (χ0v) is 10.7. The lowest BCUT2D eigenvalue weighted by Crippen LogP contribution is -2.16. The van der Waals surface area contributed by atoms with Crippen molar-refractivity contribution in [2.24, 2.45) is 5.92 Å². The molecule has 96 valence electrons. The predicted molar refractivity (Wildman–Crippen MR) is 67.2 cm³/mol. The smallest absolute Gasteiger partial charge is 0.163 e. The maximum atomic E-state index is 13.3. The number of rotatable bonds is 7. The third-order valence-corrected chi connectivity index (χ3v) is 3.19. The van der Waals surface area contributed by atoms with Crippen LogP contribution in [0, 0.1) is 17.6 Å². The first-order valence-corrected chi connectivity index (χ1v) is 6.38. The van der Waals surface area contributed by atoms with Crippen molar-refractivity contribution in [3.63, 3.8) is 0 Å². The molecule has 0 aromatic heterocycles. The van der Waals surface area contributed by atoms with Gasteiger partial charge in [-0.3, -0.25) is 0 Å². The van der Waals surface area contributed by atoms with Gasteiger partial charge >= 0.3 is 0 Å². The molecule has 0 amide bonds. The van der Waals surface area contributed by atoms with Crippen LogP contribution in [-0.4, -0.2) is 12.4 Å². The van der Waals surface area contributed by atoms with E-state index in [2.05, 4.69) is 12.2 Å². The van der Waals surface area contributed by atoms with Gasteiger partial charge in [0.05, 0.1) is 0 Å². The zero-order chi connectivity index (χ0) is 12.7. The molecule has 0 heterocycles. The normalized spacial score (nSPS) is 12.7. The molecule has 0 saturated carbocycles. The molecule has 1 aromatic rings. The van der Waals surface area contributed by atoms with Crippen molar-refractivity contribution in [1.82, 2.24) is 5.32 Å². The summed E-state index contributed by atoms with van der Waals surface area (Å²) in [6.07, 6.45) is 2.03. The highest BCUT2D eigenvalue weighted by Gasteiger charge is 2.06. The van der Waals surface area contributed by atoms with Gasteiger partial charge in [-0.05, 0) is 31.4 Å². The lowest BCUT2D eigenvalue weighted by Gasteiger charge is -2.08. The van der Waals surface area contributed by atoms with Crippen molar-refractivity contribution < 1.29 is 8.78 Å². The van der Waals surface area contributed by atoms with Crippen molar-refractivity contribution in [3.05, 3.63) is 35.4 Å². The van der Waals surface area contributed by atoms with Crippen LogP contribution in [0.2, 0.25) is 0 Å². The third-order valence-electron chi connectivity index (χ3n) is 2.66. The summed E-state index contributed by atoms with van der Waals surface area (Å²) >= 11 is 5.69. The molecule has 0 aliphatic rings. The number of alkyl halides is 1. The molecule has 0 spiro atoms. The third kappa shape index (κ3) is 5.00. The summed E-state index contributed by atoms with van der Waals surface area (Å²) in [7, 11) is 0. The summed E-state index contributed by atoms with van der Waals surface area (Å²) in [6, 6.07) is 4.23. The highest BCUT2D eigenvalue weighted by molar-refractivity contribution is 6.18. The van der Waals surface area contributed by atoms with Gasteiger partial charge in [0.25, 0.3) is 0 Å². The molecule has 0 aliphatic carbocycles. The van der Waals surface area contributed by atoms with Crippen LogP contribution in [0.25, 0.3) is 0 Å². The van der Waals surface area contributed by atoms with Gasteiger partial charge in [0.15, 0.2) is 11.6 Å². The Morgan fingerprint density at radius 2 is 2.12 bits per heavy atom. The SMILES string of the molecule is CC(CCl)CCCNCc1cccc(F)c1F. The lowest BCUT2D eigenvalue weighted by molar-refractivity contribution is 0.487. The summed E-state index contributed by atoms with van der Waals surface area (Å²) in [6.45, 7) is 3.25. The maximum Gasteiger partial charge on any atom is 0.163 e. The number of hydrogen-bond donors (Lipinski definition) is 1. The molecule has 1 atom stereocenters. The molecule has 0 fully saturated rings. The van der Waals surface area contributed by atoms with E-state index in [-0.39, 0.29) is 0 Å².